The third-order valence-corrected chi connectivity index (χ3v) is 2.86. The number of nitrogens with one attached hydrogen (secondary N) is 2. The Bertz CT molecular complexity index is 351. The molecule has 0 aliphatic carbocycles. The minimum absolute atomic E-state index is 0.0240. The highest BCUT2D eigenvalue weighted by Crippen LogP contribution is 2.18. The van der Waals surface area contributed by atoms with Crippen LogP contribution in [-0.4, -0.2) is 26.0 Å². The molecule has 0 aromatic heterocycles. The average Bonchev–Trinajstić information content (AvgIpc) is 2.35. The van der Waals surface area contributed by atoms with Gasteiger partial charge in [0.05, 0.1) is 5.92 Å². The van der Waals surface area contributed by atoms with Crippen LogP contribution in [0.2, 0.25) is 5.02 Å². The van der Waals surface area contributed by atoms with E-state index < -0.39 is 0 Å². The fraction of sp³-hybridized carbons (Fsp3) is 0.462. The standard InChI is InChI=1S/C13H19ClN2O/c1-3-8-16-9-12(13(17)15-2)10-4-6-11(14)7-5-10/h4-7,12,16H,3,8-9H2,1-2H3,(H,15,17). The van der Waals surface area contributed by atoms with Crippen molar-refractivity contribution in [1.29, 1.82) is 0 Å². The molecule has 1 atom stereocenters. The Labute approximate surface area is 108 Å². The molecule has 1 aromatic carbocycles. The van der Waals surface area contributed by atoms with Gasteiger partial charge in [-0.1, -0.05) is 30.7 Å². The van der Waals surface area contributed by atoms with Gasteiger partial charge in [-0.25, -0.2) is 0 Å². The predicted octanol–water partition coefficient (Wildman–Crippen LogP) is 2.17. The lowest BCUT2D eigenvalue weighted by atomic mass is 9.98. The molecule has 0 radical (unpaired) electrons. The second kappa shape index (κ2) is 7.30. The van der Waals surface area contributed by atoms with Gasteiger partial charge in [0.1, 0.15) is 0 Å². The Kier molecular flexibility index (Phi) is 6.01. The number of hydrogen-bond donors (Lipinski definition) is 2. The van der Waals surface area contributed by atoms with Crippen LogP contribution in [0.25, 0.3) is 0 Å². The number of halogens is 1. The zero-order valence-electron chi connectivity index (χ0n) is 10.3. The molecule has 2 N–H and O–H groups in total. The fourth-order valence-corrected chi connectivity index (χ4v) is 1.78. The van der Waals surface area contributed by atoms with Crippen molar-refractivity contribution >= 4 is 17.5 Å². The quantitative estimate of drug-likeness (QED) is 0.764. The highest BCUT2D eigenvalue weighted by molar-refractivity contribution is 6.30. The third kappa shape index (κ3) is 4.36. The van der Waals surface area contributed by atoms with Crippen molar-refractivity contribution in [3.8, 4) is 0 Å². The lowest BCUT2D eigenvalue weighted by molar-refractivity contribution is -0.122. The van der Waals surface area contributed by atoms with Crippen molar-refractivity contribution in [2.45, 2.75) is 19.3 Å². The molecular weight excluding hydrogens is 236 g/mol. The van der Waals surface area contributed by atoms with Gasteiger partial charge in [-0.3, -0.25) is 4.79 Å². The van der Waals surface area contributed by atoms with Crippen molar-refractivity contribution in [1.82, 2.24) is 10.6 Å². The minimum atomic E-state index is -0.163. The Hall–Kier alpha value is -1.06. The summed E-state index contributed by atoms with van der Waals surface area (Å²) >= 11 is 5.84. The first-order chi connectivity index (χ1) is 8.19. The maximum atomic E-state index is 11.8. The molecule has 0 saturated carbocycles. The van der Waals surface area contributed by atoms with E-state index in [0.29, 0.717) is 11.6 Å². The number of benzene rings is 1. The van der Waals surface area contributed by atoms with Crippen LogP contribution in [0.1, 0.15) is 24.8 Å². The van der Waals surface area contributed by atoms with E-state index in [0.717, 1.165) is 18.5 Å². The highest BCUT2D eigenvalue weighted by atomic mass is 35.5. The average molecular weight is 255 g/mol. The number of hydrogen-bond acceptors (Lipinski definition) is 2. The molecule has 0 aliphatic heterocycles. The molecule has 1 amide bonds. The third-order valence-electron chi connectivity index (χ3n) is 2.61. The second-order valence-electron chi connectivity index (χ2n) is 3.92. The molecule has 17 heavy (non-hydrogen) atoms. The second-order valence-corrected chi connectivity index (χ2v) is 4.36. The van der Waals surface area contributed by atoms with E-state index in [1.54, 1.807) is 7.05 Å². The summed E-state index contributed by atoms with van der Waals surface area (Å²) in [4.78, 5) is 11.8. The van der Waals surface area contributed by atoms with Gasteiger partial charge in [0.25, 0.3) is 0 Å². The Morgan fingerprint density at radius 3 is 2.53 bits per heavy atom. The van der Waals surface area contributed by atoms with Crippen molar-refractivity contribution < 1.29 is 4.79 Å². The molecule has 0 aliphatic rings. The van der Waals surface area contributed by atoms with Gasteiger partial charge in [-0.15, -0.1) is 0 Å². The van der Waals surface area contributed by atoms with Crippen LogP contribution in [0.4, 0.5) is 0 Å². The normalized spacial score (nSPS) is 12.2. The van der Waals surface area contributed by atoms with E-state index in [1.807, 2.05) is 24.3 Å². The first-order valence-corrected chi connectivity index (χ1v) is 6.24. The summed E-state index contributed by atoms with van der Waals surface area (Å²) in [6.45, 7) is 3.67. The molecule has 0 bridgehead atoms. The van der Waals surface area contributed by atoms with Gasteiger partial charge < -0.3 is 10.6 Å². The summed E-state index contributed by atoms with van der Waals surface area (Å²) in [5.41, 5.74) is 0.984. The summed E-state index contributed by atoms with van der Waals surface area (Å²) in [5, 5.41) is 6.65. The lowest BCUT2D eigenvalue weighted by Gasteiger charge is -2.16. The van der Waals surface area contributed by atoms with Crippen molar-refractivity contribution in [2.24, 2.45) is 0 Å². The first-order valence-electron chi connectivity index (χ1n) is 5.86. The number of rotatable bonds is 6. The van der Waals surface area contributed by atoms with Gasteiger partial charge >= 0.3 is 0 Å². The Balaban J connectivity index is 2.74. The largest absolute Gasteiger partial charge is 0.359 e. The summed E-state index contributed by atoms with van der Waals surface area (Å²) < 4.78 is 0. The van der Waals surface area contributed by atoms with Gasteiger partial charge in [0, 0.05) is 18.6 Å². The SMILES string of the molecule is CCCNCC(C(=O)NC)c1ccc(Cl)cc1. The zero-order valence-corrected chi connectivity index (χ0v) is 11.1. The summed E-state index contributed by atoms with van der Waals surface area (Å²) in [6, 6.07) is 7.42. The highest BCUT2D eigenvalue weighted by Gasteiger charge is 2.18. The number of carbonyl (C=O) groups is 1. The van der Waals surface area contributed by atoms with Crippen LogP contribution in [-0.2, 0) is 4.79 Å². The molecule has 94 valence electrons. The van der Waals surface area contributed by atoms with E-state index in [1.165, 1.54) is 0 Å². The van der Waals surface area contributed by atoms with Crippen LogP contribution in [0.3, 0.4) is 0 Å². The van der Waals surface area contributed by atoms with Gasteiger partial charge in [-0.2, -0.15) is 0 Å². The number of likely N-dealkylation sites (N-methyl/N-ethyl adjacent to an activating group) is 1. The molecule has 1 aromatic rings. The summed E-state index contributed by atoms with van der Waals surface area (Å²) in [5.74, 6) is -0.139. The topological polar surface area (TPSA) is 41.1 Å². The summed E-state index contributed by atoms with van der Waals surface area (Å²) in [7, 11) is 1.66. The van der Waals surface area contributed by atoms with Gasteiger partial charge in [0.15, 0.2) is 0 Å². The van der Waals surface area contributed by atoms with Crippen LogP contribution in [0.5, 0.6) is 0 Å². The minimum Gasteiger partial charge on any atom is -0.359 e. The molecule has 0 spiro atoms. The van der Waals surface area contributed by atoms with Crippen LogP contribution in [0, 0.1) is 0 Å². The lowest BCUT2D eigenvalue weighted by Crippen LogP contribution is -2.33. The van der Waals surface area contributed by atoms with E-state index in [9.17, 15) is 4.79 Å². The maximum absolute atomic E-state index is 11.8. The van der Waals surface area contributed by atoms with E-state index in [-0.39, 0.29) is 11.8 Å². The monoisotopic (exact) mass is 254 g/mol. The Morgan fingerprint density at radius 1 is 1.35 bits per heavy atom. The van der Waals surface area contributed by atoms with Crippen molar-refractivity contribution in [3.63, 3.8) is 0 Å². The van der Waals surface area contributed by atoms with E-state index >= 15 is 0 Å². The first kappa shape index (κ1) is 14.0. The Morgan fingerprint density at radius 2 is 2.00 bits per heavy atom. The van der Waals surface area contributed by atoms with Crippen LogP contribution < -0.4 is 10.6 Å². The molecular formula is C13H19ClN2O. The molecule has 0 fully saturated rings. The number of carbonyl (C=O) groups excluding carboxylic acids is 1. The molecule has 0 heterocycles. The number of amides is 1. The van der Waals surface area contributed by atoms with Crippen LogP contribution in [0.15, 0.2) is 24.3 Å². The van der Waals surface area contributed by atoms with Gasteiger partial charge in [-0.05, 0) is 30.7 Å². The molecule has 4 heteroatoms. The summed E-state index contributed by atoms with van der Waals surface area (Å²) in [6.07, 6.45) is 1.06. The van der Waals surface area contributed by atoms with E-state index in [2.05, 4.69) is 17.6 Å². The van der Waals surface area contributed by atoms with Crippen molar-refractivity contribution in [3.05, 3.63) is 34.9 Å². The zero-order chi connectivity index (χ0) is 12.7. The molecule has 3 nitrogen and oxygen atoms in total. The fourth-order valence-electron chi connectivity index (χ4n) is 1.65. The van der Waals surface area contributed by atoms with Crippen LogP contribution >= 0.6 is 11.6 Å². The molecule has 1 rings (SSSR count). The van der Waals surface area contributed by atoms with Gasteiger partial charge in [0.2, 0.25) is 5.91 Å². The smallest absolute Gasteiger partial charge is 0.228 e. The maximum Gasteiger partial charge on any atom is 0.228 e. The van der Waals surface area contributed by atoms with E-state index in [4.69, 9.17) is 11.6 Å². The molecule has 0 saturated heterocycles. The van der Waals surface area contributed by atoms with Crippen molar-refractivity contribution in [2.75, 3.05) is 20.1 Å². The molecule has 1 unspecified atom stereocenters. The predicted molar refractivity (Wildman–Crippen MR) is 71.4 cm³/mol.